The zero-order chi connectivity index (χ0) is 13.7. The molecule has 0 amide bonds. The Bertz CT molecular complexity index is 378. The molecule has 1 N–H and O–H groups in total. The van der Waals surface area contributed by atoms with E-state index < -0.39 is 5.60 Å². The van der Waals surface area contributed by atoms with Crippen LogP contribution in [0.15, 0.2) is 30.3 Å². The summed E-state index contributed by atoms with van der Waals surface area (Å²) in [7, 11) is 0. The molecule has 0 spiro atoms. The standard InChI is InChI=1S/C17H27NO.ClH/c1-3-17(19,16-10-6-4-7-11-16)15(2)14-18-12-8-5-9-13-18;/h4,6-7,10-11,15,19H,3,5,8-9,12-14H2,1-2H3;1H. The minimum absolute atomic E-state index is 0. The van der Waals surface area contributed by atoms with E-state index in [9.17, 15) is 5.11 Å². The predicted octanol–water partition coefficient (Wildman–Crippen LogP) is 3.83. The summed E-state index contributed by atoms with van der Waals surface area (Å²) in [6.45, 7) is 7.65. The SMILES string of the molecule is CCC(O)(c1ccccc1)C(C)CN1CCCCC1.Cl. The third-order valence-electron chi connectivity index (χ3n) is 4.61. The van der Waals surface area contributed by atoms with Crippen molar-refractivity contribution in [1.82, 2.24) is 4.90 Å². The van der Waals surface area contributed by atoms with Gasteiger partial charge in [-0.3, -0.25) is 0 Å². The molecule has 2 rings (SSSR count). The maximum absolute atomic E-state index is 11.1. The molecule has 1 heterocycles. The monoisotopic (exact) mass is 297 g/mol. The minimum Gasteiger partial charge on any atom is -0.385 e. The van der Waals surface area contributed by atoms with Gasteiger partial charge in [-0.2, -0.15) is 0 Å². The Morgan fingerprint density at radius 3 is 2.30 bits per heavy atom. The quantitative estimate of drug-likeness (QED) is 0.893. The molecule has 1 aromatic carbocycles. The Labute approximate surface area is 129 Å². The summed E-state index contributed by atoms with van der Waals surface area (Å²) in [5, 5.41) is 11.1. The van der Waals surface area contributed by atoms with E-state index >= 15 is 0 Å². The Hall–Kier alpha value is -0.570. The predicted molar refractivity (Wildman–Crippen MR) is 87.3 cm³/mol. The Kier molecular flexibility index (Phi) is 7.01. The number of hydrogen-bond acceptors (Lipinski definition) is 2. The van der Waals surface area contributed by atoms with Gasteiger partial charge in [0.15, 0.2) is 0 Å². The molecular weight excluding hydrogens is 270 g/mol. The number of hydrogen-bond donors (Lipinski definition) is 1. The van der Waals surface area contributed by atoms with Gasteiger partial charge in [-0.25, -0.2) is 0 Å². The second kappa shape index (κ2) is 8.02. The fourth-order valence-corrected chi connectivity index (χ4v) is 3.24. The van der Waals surface area contributed by atoms with E-state index in [0.717, 1.165) is 18.5 Å². The van der Waals surface area contributed by atoms with Crippen LogP contribution in [0.25, 0.3) is 0 Å². The molecule has 1 saturated heterocycles. The van der Waals surface area contributed by atoms with Crippen molar-refractivity contribution in [3.05, 3.63) is 35.9 Å². The first kappa shape index (κ1) is 17.5. The van der Waals surface area contributed by atoms with Crippen LogP contribution in [-0.4, -0.2) is 29.6 Å². The number of halogens is 1. The fraction of sp³-hybridized carbons (Fsp3) is 0.647. The van der Waals surface area contributed by atoms with Crippen molar-refractivity contribution in [2.45, 2.75) is 45.1 Å². The highest BCUT2D eigenvalue weighted by Gasteiger charge is 2.34. The minimum atomic E-state index is -0.696. The number of nitrogens with zero attached hydrogens (tertiary/aromatic N) is 1. The molecule has 2 atom stereocenters. The number of piperidine rings is 1. The zero-order valence-corrected chi connectivity index (χ0v) is 13.5. The molecule has 20 heavy (non-hydrogen) atoms. The Morgan fingerprint density at radius 1 is 1.15 bits per heavy atom. The number of likely N-dealkylation sites (tertiary alicyclic amines) is 1. The van der Waals surface area contributed by atoms with Crippen molar-refractivity contribution in [2.24, 2.45) is 5.92 Å². The lowest BCUT2D eigenvalue weighted by atomic mass is 9.80. The molecule has 1 aliphatic rings. The molecule has 1 fully saturated rings. The van der Waals surface area contributed by atoms with Crippen LogP contribution in [0.4, 0.5) is 0 Å². The second-order valence-corrected chi connectivity index (χ2v) is 5.91. The van der Waals surface area contributed by atoms with Gasteiger partial charge in [0, 0.05) is 12.5 Å². The van der Waals surface area contributed by atoms with Crippen LogP contribution in [-0.2, 0) is 5.60 Å². The molecule has 0 aliphatic carbocycles. The molecule has 3 heteroatoms. The van der Waals surface area contributed by atoms with Gasteiger partial charge in [-0.15, -0.1) is 12.4 Å². The molecule has 2 nitrogen and oxygen atoms in total. The van der Waals surface area contributed by atoms with Crippen LogP contribution in [0.3, 0.4) is 0 Å². The van der Waals surface area contributed by atoms with Gasteiger partial charge in [0.05, 0.1) is 5.60 Å². The van der Waals surface area contributed by atoms with Crippen LogP contribution in [0.5, 0.6) is 0 Å². The first-order valence-electron chi connectivity index (χ1n) is 7.67. The molecular formula is C17H28ClNO. The number of aliphatic hydroxyl groups is 1. The summed E-state index contributed by atoms with van der Waals surface area (Å²) in [5.41, 5.74) is 0.362. The fourth-order valence-electron chi connectivity index (χ4n) is 3.24. The van der Waals surface area contributed by atoms with Gasteiger partial charge in [-0.05, 0) is 37.9 Å². The topological polar surface area (TPSA) is 23.5 Å². The normalized spacial score (nSPS) is 20.8. The molecule has 114 valence electrons. The van der Waals surface area contributed by atoms with Crippen LogP contribution < -0.4 is 0 Å². The smallest absolute Gasteiger partial charge is 0.0931 e. The summed E-state index contributed by atoms with van der Waals surface area (Å²) in [6.07, 6.45) is 4.75. The lowest BCUT2D eigenvalue weighted by Gasteiger charge is -2.38. The summed E-state index contributed by atoms with van der Waals surface area (Å²) in [4.78, 5) is 2.51. The van der Waals surface area contributed by atoms with E-state index in [4.69, 9.17) is 0 Å². The van der Waals surface area contributed by atoms with E-state index in [1.54, 1.807) is 0 Å². The average Bonchev–Trinajstić information content (AvgIpc) is 2.48. The molecule has 2 unspecified atom stereocenters. The highest BCUT2D eigenvalue weighted by atomic mass is 35.5. The van der Waals surface area contributed by atoms with Crippen molar-refractivity contribution in [2.75, 3.05) is 19.6 Å². The summed E-state index contributed by atoms with van der Waals surface area (Å²) < 4.78 is 0. The van der Waals surface area contributed by atoms with Crippen molar-refractivity contribution in [1.29, 1.82) is 0 Å². The molecule has 0 saturated carbocycles. The third-order valence-corrected chi connectivity index (χ3v) is 4.61. The van der Waals surface area contributed by atoms with Crippen molar-refractivity contribution in [3.8, 4) is 0 Å². The molecule has 0 bridgehead atoms. The maximum atomic E-state index is 11.1. The van der Waals surface area contributed by atoms with Crippen LogP contribution in [0, 0.1) is 5.92 Å². The first-order valence-corrected chi connectivity index (χ1v) is 7.67. The van der Waals surface area contributed by atoms with Gasteiger partial charge in [0.25, 0.3) is 0 Å². The Morgan fingerprint density at radius 2 is 1.75 bits per heavy atom. The van der Waals surface area contributed by atoms with E-state index in [1.807, 2.05) is 18.2 Å². The highest BCUT2D eigenvalue weighted by molar-refractivity contribution is 5.85. The second-order valence-electron chi connectivity index (χ2n) is 5.91. The summed E-state index contributed by atoms with van der Waals surface area (Å²) >= 11 is 0. The molecule has 1 aliphatic heterocycles. The van der Waals surface area contributed by atoms with Gasteiger partial charge in [0.2, 0.25) is 0 Å². The van der Waals surface area contributed by atoms with Crippen LogP contribution in [0.1, 0.15) is 45.1 Å². The number of benzene rings is 1. The highest BCUT2D eigenvalue weighted by Crippen LogP contribution is 2.33. The average molecular weight is 298 g/mol. The van der Waals surface area contributed by atoms with E-state index in [2.05, 4.69) is 30.9 Å². The first-order chi connectivity index (χ1) is 9.16. The number of rotatable bonds is 5. The van der Waals surface area contributed by atoms with E-state index in [1.165, 1.54) is 32.4 Å². The van der Waals surface area contributed by atoms with Crippen molar-refractivity contribution < 1.29 is 5.11 Å². The van der Waals surface area contributed by atoms with Gasteiger partial charge in [0.1, 0.15) is 0 Å². The van der Waals surface area contributed by atoms with E-state index in [-0.39, 0.29) is 18.3 Å². The van der Waals surface area contributed by atoms with Gasteiger partial charge < -0.3 is 10.0 Å². The van der Waals surface area contributed by atoms with Crippen LogP contribution in [0.2, 0.25) is 0 Å². The van der Waals surface area contributed by atoms with Crippen molar-refractivity contribution in [3.63, 3.8) is 0 Å². The molecule has 0 radical (unpaired) electrons. The molecule has 0 aromatic heterocycles. The van der Waals surface area contributed by atoms with Crippen molar-refractivity contribution >= 4 is 12.4 Å². The van der Waals surface area contributed by atoms with E-state index in [0.29, 0.717) is 0 Å². The maximum Gasteiger partial charge on any atom is 0.0931 e. The Balaban J connectivity index is 0.00000200. The molecule has 1 aromatic rings. The summed E-state index contributed by atoms with van der Waals surface area (Å²) in [6, 6.07) is 10.1. The largest absolute Gasteiger partial charge is 0.385 e. The van der Waals surface area contributed by atoms with Crippen LogP contribution >= 0.6 is 12.4 Å². The van der Waals surface area contributed by atoms with Gasteiger partial charge in [-0.1, -0.05) is 50.6 Å². The lowest BCUT2D eigenvalue weighted by molar-refractivity contribution is -0.0351. The zero-order valence-electron chi connectivity index (χ0n) is 12.7. The van der Waals surface area contributed by atoms with Gasteiger partial charge >= 0.3 is 0 Å². The third kappa shape index (κ3) is 3.97. The summed E-state index contributed by atoms with van der Waals surface area (Å²) in [5.74, 6) is 0.262. The lowest BCUT2D eigenvalue weighted by Crippen LogP contribution is -2.42.